The number of benzene rings is 1. The molecule has 2 rings (SSSR count). The van der Waals surface area contributed by atoms with E-state index in [0.29, 0.717) is 5.56 Å². The maximum Gasteiger partial charge on any atom is 0.336 e. The first-order chi connectivity index (χ1) is 7.61. The number of carbonyl (C=O) groups is 1. The molecule has 16 heavy (non-hydrogen) atoms. The molecule has 1 N–H and O–H groups in total. The molecule has 0 spiro atoms. The highest BCUT2D eigenvalue weighted by Crippen LogP contribution is 2.31. The number of thiophene rings is 1. The van der Waals surface area contributed by atoms with Gasteiger partial charge in [-0.3, -0.25) is 0 Å². The highest BCUT2D eigenvalue weighted by Gasteiger charge is 2.15. The second-order valence-electron chi connectivity index (χ2n) is 3.69. The molecule has 2 aromatic rings. The van der Waals surface area contributed by atoms with Crippen LogP contribution >= 0.6 is 11.3 Å². The van der Waals surface area contributed by atoms with E-state index >= 15 is 0 Å². The summed E-state index contributed by atoms with van der Waals surface area (Å²) in [5.41, 5.74) is 3.04. The zero-order valence-electron chi connectivity index (χ0n) is 9.15. The molecule has 1 aromatic carbocycles. The number of aryl methyl sites for hydroxylation is 2. The third kappa shape index (κ3) is 1.74. The minimum Gasteiger partial charge on any atom is -0.478 e. The molecule has 3 heteroatoms. The van der Waals surface area contributed by atoms with Crippen LogP contribution in [0, 0.1) is 13.8 Å². The summed E-state index contributed by atoms with van der Waals surface area (Å²) < 4.78 is 0. The smallest absolute Gasteiger partial charge is 0.336 e. The number of rotatable bonds is 2. The third-order valence-electron chi connectivity index (χ3n) is 2.64. The van der Waals surface area contributed by atoms with E-state index in [-0.39, 0.29) is 0 Å². The Morgan fingerprint density at radius 1 is 1.19 bits per heavy atom. The molecule has 0 atom stereocenters. The largest absolute Gasteiger partial charge is 0.478 e. The molecular formula is C13H12O2S. The number of hydrogen-bond donors (Lipinski definition) is 1. The van der Waals surface area contributed by atoms with E-state index in [1.807, 2.05) is 43.5 Å². The van der Waals surface area contributed by atoms with Crippen LogP contribution in [0.25, 0.3) is 11.1 Å². The molecule has 0 aliphatic rings. The van der Waals surface area contributed by atoms with Gasteiger partial charge in [0.2, 0.25) is 0 Å². The van der Waals surface area contributed by atoms with Crippen LogP contribution in [0.15, 0.2) is 29.6 Å². The summed E-state index contributed by atoms with van der Waals surface area (Å²) in [4.78, 5) is 12.4. The zero-order chi connectivity index (χ0) is 11.7. The van der Waals surface area contributed by atoms with Crippen molar-refractivity contribution in [3.8, 4) is 11.1 Å². The maximum atomic E-state index is 11.3. The molecule has 1 aromatic heterocycles. The Balaban J connectivity index is 2.70. The van der Waals surface area contributed by atoms with E-state index in [9.17, 15) is 9.90 Å². The van der Waals surface area contributed by atoms with E-state index in [2.05, 4.69) is 0 Å². The van der Waals surface area contributed by atoms with Gasteiger partial charge in [-0.25, -0.2) is 4.79 Å². The molecule has 82 valence electrons. The Labute approximate surface area is 98.2 Å². The summed E-state index contributed by atoms with van der Waals surface area (Å²) in [7, 11) is 0. The minimum absolute atomic E-state index is 0.406. The first kappa shape index (κ1) is 10.9. The lowest BCUT2D eigenvalue weighted by Crippen LogP contribution is -2.02. The second-order valence-corrected chi connectivity index (χ2v) is 4.81. The fraction of sp³-hybridized carbons (Fsp3) is 0.154. The predicted octanol–water partition coefficient (Wildman–Crippen LogP) is 3.73. The lowest BCUT2D eigenvalue weighted by molar-refractivity contribution is 0.0697. The van der Waals surface area contributed by atoms with Crippen molar-refractivity contribution in [3.05, 3.63) is 45.6 Å². The summed E-state index contributed by atoms with van der Waals surface area (Å²) in [6.07, 6.45) is 0. The summed E-state index contributed by atoms with van der Waals surface area (Å²) in [6.45, 7) is 3.84. The molecular weight excluding hydrogens is 220 g/mol. The van der Waals surface area contributed by atoms with E-state index in [0.717, 1.165) is 21.6 Å². The monoisotopic (exact) mass is 232 g/mol. The van der Waals surface area contributed by atoms with Gasteiger partial charge >= 0.3 is 5.97 Å². The molecule has 1 heterocycles. The van der Waals surface area contributed by atoms with Crippen LogP contribution in [0.5, 0.6) is 0 Å². The van der Waals surface area contributed by atoms with Crippen molar-refractivity contribution in [2.75, 3.05) is 0 Å². The van der Waals surface area contributed by atoms with Gasteiger partial charge in [0.1, 0.15) is 0 Å². The molecule has 0 bridgehead atoms. The Kier molecular flexibility index (Phi) is 2.79. The van der Waals surface area contributed by atoms with Crippen LogP contribution < -0.4 is 0 Å². The molecule has 0 amide bonds. The summed E-state index contributed by atoms with van der Waals surface area (Å²) in [5, 5.41) is 11.2. The second kappa shape index (κ2) is 4.10. The van der Waals surface area contributed by atoms with Crippen molar-refractivity contribution < 1.29 is 9.90 Å². The van der Waals surface area contributed by atoms with Gasteiger partial charge in [0.15, 0.2) is 0 Å². The van der Waals surface area contributed by atoms with Gasteiger partial charge in [-0.1, -0.05) is 18.2 Å². The lowest BCUT2D eigenvalue weighted by atomic mass is 9.97. The molecule has 0 fully saturated rings. The summed E-state index contributed by atoms with van der Waals surface area (Å²) in [5.74, 6) is -0.862. The first-order valence-electron chi connectivity index (χ1n) is 4.98. The molecule has 0 aliphatic heterocycles. The molecule has 0 radical (unpaired) electrons. The molecule has 0 unspecified atom stereocenters. The van der Waals surface area contributed by atoms with Crippen LogP contribution in [0.1, 0.15) is 20.8 Å². The van der Waals surface area contributed by atoms with Crippen molar-refractivity contribution in [3.63, 3.8) is 0 Å². The maximum absolute atomic E-state index is 11.3. The van der Waals surface area contributed by atoms with E-state index < -0.39 is 5.97 Å². The fourth-order valence-electron chi connectivity index (χ4n) is 1.84. The van der Waals surface area contributed by atoms with Crippen LogP contribution in [-0.2, 0) is 0 Å². The van der Waals surface area contributed by atoms with Gasteiger partial charge in [0.05, 0.1) is 5.56 Å². The summed E-state index contributed by atoms with van der Waals surface area (Å²) in [6, 6.07) is 7.57. The first-order valence-corrected chi connectivity index (χ1v) is 5.86. The van der Waals surface area contributed by atoms with Crippen molar-refractivity contribution in [2.24, 2.45) is 0 Å². The van der Waals surface area contributed by atoms with Gasteiger partial charge in [-0.05, 0) is 42.0 Å². The van der Waals surface area contributed by atoms with Crippen molar-refractivity contribution >= 4 is 17.3 Å². The van der Waals surface area contributed by atoms with Gasteiger partial charge in [-0.15, -0.1) is 11.3 Å². The van der Waals surface area contributed by atoms with Gasteiger partial charge in [0.25, 0.3) is 0 Å². The van der Waals surface area contributed by atoms with E-state index in [1.165, 1.54) is 0 Å². The topological polar surface area (TPSA) is 37.3 Å². The zero-order valence-corrected chi connectivity index (χ0v) is 9.97. The molecule has 0 saturated carbocycles. The minimum atomic E-state index is -0.862. The fourth-order valence-corrected chi connectivity index (χ4v) is 2.55. The van der Waals surface area contributed by atoms with Crippen LogP contribution in [0.3, 0.4) is 0 Å². The molecule has 0 aliphatic carbocycles. The van der Waals surface area contributed by atoms with Crippen molar-refractivity contribution in [2.45, 2.75) is 13.8 Å². The Hall–Kier alpha value is -1.61. The van der Waals surface area contributed by atoms with Gasteiger partial charge < -0.3 is 5.11 Å². The van der Waals surface area contributed by atoms with Gasteiger partial charge in [-0.2, -0.15) is 0 Å². The normalized spacial score (nSPS) is 10.4. The van der Waals surface area contributed by atoms with Crippen LogP contribution in [-0.4, -0.2) is 11.1 Å². The Bertz CT molecular complexity index is 541. The lowest BCUT2D eigenvalue weighted by Gasteiger charge is -2.08. The third-order valence-corrected chi connectivity index (χ3v) is 3.48. The van der Waals surface area contributed by atoms with Crippen molar-refractivity contribution in [1.82, 2.24) is 0 Å². The molecule has 0 saturated heterocycles. The Morgan fingerprint density at radius 2 is 1.94 bits per heavy atom. The highest BCUT2D eigenvalue weighted by molar-refractivity contribution is 7.10. The van der Waals surface area contributed by atoms with Crippen molar-refractivity contribution in [1.29, 1.82) is 0 Å². The molecule has 2 nitrogen and oxygen atoms in total. The summed E-state index contributed by atoms with van der Waals surface area (Å²) >= 11 is 1.63. The average Bonchev–Trinajstić information content (AvgIpc) is 2.63. The van der Waals surface area contributed by atoms with Crippen LogP contribution in [0.4, 0.5) is 0 Å². The Morgan fingerprint density at radius 3 is 2.50 bits per heavy atom. The SMILES string of the molecule is Cc1cccc(-c2ccsc2C)c1C(=O)O. The number of aromatic carboxylic acids is 1. The van der Waals surface area contributed by atoms with E-state index in [4.69, 9.17) is 0 Å². The number of hydrogen-bond acceptors (Lipinski definition) is 2. The average molecular weight is 232 g/mol. The predicted molar refractivity (Wildman–Crippen MR) is 66.2 cm³/mol. The quantitative estimate of drug-likeness (QED) is 0.856. The van der Waals surface area contributed by atoms with Crippen LogP contribution in [0.2, 0.25) is 0 Å². The number of carboxylic acid groups (broad SMARTS) is 1. The highest BCUT2D eigenvalue weighted by atomic mass is 32.1. The number of carboxylic acids is 1. The standard InChI is InChI=1S/C13H12O2S/c1-8-4-3-5-11(12(8)13(14)15)10-6-7-16-9(10)2/h3-7H,1-2H3,(H,14,15). The van der Waals surface area contributed by atoms with E-state index in [1.54, 1.807) is 11.3 Å². The van der Waals surface area contributed by atoms with Gasteiger partial charge in [0, 0.05) is 4.88 Å².